The number of guanidine groups is 1. The number of rotatable bonds is 5. The molecule has 25 heavy (non-hydrogen) atoms. The van der Waals surface area contributed by atoms with Gasteiger partial charge in [-0.15, -0.1) is 0 Å². The van der Waals surface area contributed by atoms with Crippen LogP contribution in [0.5, 0.6) is 0 Å². The van der Waals surface area contributed by atoms with Gasteiger partial charge in [0.15, 0.2) is 5.96 Å². The summed E-state index contributed by atoms with van der Waals surface area (Å²) in [5.74, 6) is 1.31. The molecule has 3 rings (SSSR count). The van der Waals surface area contributed by atoms with E-state index in [4.69, 9.17) is 0 Å². The molecule has 2 aliphatic rings. The molecule has 0 amide bonds. The molecule has 1 heterocycles. The Hall–Kier alpha value is -1.62. The fourth-order valence-corrected chi connectivity index (χ4v) is 3.82. The highest BCUT2D eigenvalue weighted by Crippen LogP contribution is 2.48. The SMILES string of the molecule is CN=C(NCC1(c2ccccc2F)CC1)NC1CN(C(C)C)CC1C. The van der Waals surface area contributed by atoms with Gasteiger partial charge in [0.1, 0.15) is 5.82 Å². The Balaban J connectivity index is 1.58. The van der Waals surface area contributed by atoms with Crippen molar-refractivity contribution in [3.63, 3.8) is 0 Å². The molecule has 4 nitrogen and oxygen atoms in total. The normalized spacial score (nSPS) is 26.1. The number of nitrogens with one attached hydrogen (secondary N) is 2. The summed E-state index contributed by atoms with van der Waals surface area (Å²) in [5, 5.41) is 7.01. The van der Waals surface area contributed by atoms with Gasteiger partial charge in [-0.2, -0.15) is 0 Å². The summed E-state index contributed by atoms with van der Waals surface area (Å²) in [6, 6.07) is 8.12. The summed E-state index contributed by atoms with van der Waals surface area (Å²) in [6.45, 7) is 9.65. The fourth-order valence-electron chi connectivity index (χ4n) is 3.82. The zero-order valence-corrected chi connectivity index (χ0v) is 15.8. The third-order valence-electron chi connectivity index (χ3n) is 5.81. The summed E-state index contributed by atoms with van der Waals surface area (Å²) in [7, 11) is 1.80. The lowest BCUT2D eigenvalue weighted by molar-refractivity contribution is 0.265. The largest absolute Gasteiger partial charge is 0.356 e. The van der Waals surface area contributed by atoms with Crippen LogP contribution in [0.1, 0.15) is 39.2 Å². The van der Waals surface area contributed by atoms with E-state index in [-0.39, 0.29) is 11.2 Å². The topological polar surface area (TPSA) is 39.7 Å². The Morgan fingerprint density at radius 3 is 2.60 bits per heavy atom. The summed E-state index contributed by atoms with van der Waals surface area (Å²) in [4.78, 5) is 6.88. The van der Waals surface area contributed by atoms with Gasteiger partial charge < -0.3 is 10.6 Å². The molecular weight excluding hydrogens is 315 g/mol. The van der Waals surface area contributed by atoms with Crippen molar-refractivity contribution >= 4 is 5.96 Å². The van der Waals surface area contributed by atoms with Gasteiger partial charge in [-0.05, 0) is 44.2 Å². The van der Waals surface area contributed by atoms with Gasteiger partial charge in [0.05, 0.1) is 0 Å². The Morgan fingerprint density at radius 1 is 1.32 bits per heavy atom. The number of halogens is 1. The van der Waals surface area contributed by atoms with Gasteiger partial charge in [0.25, 0.3) is 0 Å². The minimum atomic E-state index is -0.0956. The molecule has 2 fully saturated rings. The average molecular weight is 346 g/mol. The van der Waals surface area contributed by atoms with Gasteiger partial charge in [-0.25, -0.2) is 4.39 Å². The molecule has 2 unspecified atom stereocenters. The van der Waals surface area contributed by atoms with Crippen LogP contribution >= 0.6 is 0 Å². The molecule has 0 aromatic heterocycles. The highest BCUT2D eigenvalue weighted by molar-refractivity contribution is 5.80. The van der Waals surface area contributed by atoms with E-state index in [0.29, 0.717) is 18.0 Å². The zero-order valence-electron chi connectivity index (χ0n) is 15.8. The lowest BCUT2D eigenvalue weighted by Gasteiger charge is -2.24. The highest BCUT2D eigenvalue weighted by Gasteiger charge is 2.46. The van der Waals surface area contributed by atoms with Crippen LogP contribution in [-0.2, 0) is 5.41 Å². The maximum Gasteiger partial charge on any atom is 0.191 e. The van der Waals surface area contributed by atoms with Gasteiger partial charge in [-0.1, -0.05) is 25.1 Å². The molecule has 0 bridgehead atoms. The molecule has 0 spiro atoms. The molecule has 5 heteroatoms. The summed E-state index contributed by atoms with van der Waals surface area (Å²) >= 11 is 0. The lowest BCUT2D eigenvalue weighted by Crippen LogP contribution is -2.48. The van der Waals surface area contributed by atoms with Crippen LogP contribution in [0.25, 0.3) is 0 Å². The Labute approximate surface area is 150 Å². The highest BCUT2D eigenvalue weighted by atomic mass is 19.1. The Kier molecular flexibility index (Phi) is 5.32. The second kappa shape index (κ2) is 7.32. The van der Waals surface area contributed by atoms with Crippen LogP contribution in [0, 0.1) is 11.7 Å². The van der Waals surface area contributed by atoms with Crippen molar-refractivity contribution in [2.45, 2.75) is 51.1 Å². The standard InChI is InChI=1S/C20H31FN4/c1-14(2)25-11-15(3)18(12-25)24-19(22-4)23-13-20(9-10-20)16-7-5-6-8-17(16)21/h5-8,14-15,18H,9-13H2,1-4H3,(H2,22,23,24). The summed E-state index contributed by atoms with van der Waals surface area (Å²) in [6.07, 6.45) is 2.05. The minimum absolute atomic E-state index is 0.0752. The van der Waals surface area contributed by atoms with Gasteiger partial charge >= 0.3 is 0 Å². The summed E-state index contributed by atoms with van der Waals surface area (Å²) in [5.41, 5.74) is 0.756. The van der Waals surface area contributed by atoms with Crippen LogP contribution in [0.4, 0.5) is 4.39 Å². The Bertz CT molecular complexity index is 624. The molecular formula is C20H31FN4. The van der Waals surface area contributed by atoms with Crippen LogP contribution in [0.15, 0.2) is 29.3 Å². The van der Waals surface area contributed by atoms with Gasteiger partial charge in [0, 0.05) is 44.2 Å². The smallest absolute Gasteiger partial charge is 0.191 e. The second-order valence-corrected chi connectivity index (χ2v) is 7.96. The van der Waals surface area contributed by atoms with Crippen molar-refractivity contribution in [2.75, 3.05) is 26.7 Å². The van der Waals surface area contributed by atoms with Crippen molar-refractivity contribution in [3.05, 3.63) is 35.6 Å². The van der Waals surface area contributed by atoms with Crippen molar-refractivity contribution in [3.8, 4) is 0 Å². The predicted octanol–water partition coefficient (Wildman–Crippen LogP) is 2.75. The van der Waals surface area contributed by atoms with Crippen molar-refractivity contribution in [1.82, 2.24) is 15.5 Å². The fraction of sp³-hybridized carbons (Fsp3) is 0.650. The van der Waals surface area contributed by atoms with Crippen LogP contribution in [-0.4, -0.2) is 49.6 Å². The maximum atomic E-state index is 14.1. The van der Waals surface area contributed by atoms with Gasteiger partial charge in [0.2, 0.25) is 0 Å². The molecule has 2 atom stereocenters. The minimum Gasteiger partial charge on any atom is -0.356 e. The number of hydrogen-bond acceptors (Lipinski definition) is 2. The second-order valence-electron chi connectivity index (χ2n) is 7.96. The van der Waals surface area contributed by atoms with Crippen LogP contribution < -0.4 is 10.6 Å². The predicted molar refractivity (Wildman–Crippen MR) is 101 cm³/mol. The molecule has 1 aliphatic carbocycles. The van der Waals surface area contributed by atoms with Crippen molar-refractivity contribution in [2.24, 2.45) is 10.9 Å². The van der Waals surface area contributed by atoms with Crippen LogP contribution in [0.3, 0.4) is 0 Å². The number of benzene rings is 1. The third-order valence-corrected chi connectivity index (χ3v) is 5.81. The Morgan fingerprint density at radius 2 is 2.04 bits per heavy atom. The van der Waals surface area contributed by atoms with Crippen molar-refractivity contribution in [1.29, 1.82) is 0 Å². The van der Waals surface area contributed by atoms with Crippen LogP contribution in [0.2, 0.25) is 0 Å². The third kappa shape index (κ3) is 3.97. The number of hydrogen-bond donors (Lipinski definition) is 2. The van der Waals surface area contributed by atoms with Crippen molar-refractivity contribution < 1.29 is 4.39 Å². The van der Waals surface area contributed by atoms with E-state index >= 15 is 0 Å². The van der Waals surface area contributed by atoms with E-state index in [1.165, 1.54) is 0 Å². The molecule has 1 saturated carbocycles. The quantitative estimate of drug-likeness (QED) is 0.636. The van der Waals surface area contributed by atoms with E-state index < -0.39 is 0 Å². The van der Waals surface area contributed by atoms with E-state index in [1.807, 2.05) is 12.1 Å². The number of aliphatic imine (C=N–C) groups is 1. The first-order chi connectivity index (χ1) is 11.9. The van der Waals surface area contributed by atoms with E-state index in [9.17, 15) is 4.39 Å². The summed E-state index contributed by atoms with van der Waals surface area (Å²) < 4.78 is 14.1. The van der Waals surface area contributed by atoms with E-state index in [1.54, 1.807) is 19.2 Å². The molecule has 1 aromatic rings. The molecule has 0 radical (unpaired) electrons. The maximum absolute atomic E-state index is 14.1. The molecule has 1 aliphatic heterocycles. The monoisotopic (exact) mass is 346 g/mol. The molecule has 1 aromatic carbocycles. The molecule has 138 valence electrons. The average Bonchev–Trinajstić information content (AvgIpc) is 3.28. The van der Waals surface area contributed by atoms with Gasteiger partial charge in [-0.3, -0.25) is 9.89 Å². The zero-order chi connectivity index (χ0) is 18.0. The first-order valence-corrected chi connectivity index (χ1v) is 9.41. The number of nitrogens with zero attached hydrogens (tertiary/aromatic N) is 2. The first-order valence-electron chi connectivity index (χ1n) is 9.41. The first kappa shape index (κ1) is 18.2. The lowest BCUT2D eigenvalue weighted by atomic mass is 9.95. The van der Waals surface area contributed by atoms with E-state index in [0.717, 1.165) is 44.0 Å². The van der Waals surface area contributed by atoms with E-state index in [2.05, 4.69) is 41.3 Å². The molecule has 1 saturated heterocycles. The number of likely N-dealkylation sites (tertiary alicyclic amines) is 1. The molecule has 2 N–H and O–H groups in total.